The number of rotatable bonds is 9. The molecule has 246 valence electrons. The maximum atomic E-state index is 13.6. The van der Waals surface area contributed by atoms with Gasteiger partial charge in [-0.05, 0) is 50.6 Å². The molecule has 0 spiro atoms. The van der Waals surface area contributed by atoms with Gasteiger partial charge in [-0.3, -0.25) is 9.59 Å². The molecule has 1 aliphatic rings. The number of aliphatic hydroxyl groups is 1. The first-order chi connectivity index (χ1) is 21.8. The molecule has 1 aliphatic heterocycles. The number of likely N-dealkylation sites (N-methyl/N-ethyl adjacent to an activating group) is 1. The summed E-state index contributed by atoms with van der Waals surface area (Å²) < 4.78 is 41.9. The molecule has 0 unspecified atom stereocenters. The van der Waals surface area contributed by atoms with Crippen LogP contribution in [0.5, 0.6) is 5.75 Å². The van der Waals surface area contributed by atoms with Crippen LogP contribution < -0.4 is 10.1 Å². The number of carbonyl (C=O) groups excluding carboxylic acids is 2. The van der Waals surface area contributed by atoms with Crippen LogP contribution in [0.25, 0.3) is 10.9 Å². The summed E-state index contributed by atoms with van der Waals surface area (Å²) in [6.45, 7) is 6.76. The second kappa shape index (κ2) is 13.3. The van der Waals surface area contributed by atoms with Crippen molar-refractivity contribution in [2.75, 3.05) is 32.1 Å². The average molecular weight is 652 g/mol. The number of nitrogens with zero attached hydrogens (tertiary/aromatic N) is 4. The van der Waals surface area contributed by atoms with Gasteiger partial charge in [0.1, 0.15) is 22.4 Å². The fourth-order valence-electron chi connectivity index (χ4n) is 6.02. The molecule has 3 atom stereocenters. The zero-order chi connectivity index (χ0) is 33.3. The maximum Gasteiger partial charge on any atom is 0.248 e. The minimum atomic E-state index is -3.96. The number of sulfonamides is 1. The first-order valence-electron chi connectivity index (χ1n) is 15.2. The van der Waals surface area contributed by atoms with Gasteiger partial charge in [-0.25, -0.2) is 8.42 Å². The van der Waals surface area contributed by atoms with Crippen LogP contribution in [0.3, 0.4) is 0 Å². The molecule has 0 saturated heterocycles. The van der Waals surface area contributed by atoms with Gasteiger partial charge in [-0.15, -0.1) is 0 Å². The van der Waals surface area contributed by atoms with E-state index < -0.39 is 22.2 Å². The van der Waals surface area contributed by atoms with E-state index in [2.05, 4.69) is 10.5 Å². The van der Waals surface area contributed by atoms with Gasteiger partial charge in [0.15, 0.2) is 5.76 Å². The third-order valence-electron chi connectivity index (χ3n) is 8.60. The molecule has 0 bridgehead atoms. The number of hydrogen-bond donors (Lipinski definition) is 2. The molecular formula is C33H41N5O7S. The third-order valence-corrected chi connectivity index (χ3v) is 10.7. The lowest BCUT2D eigenvalue weighted by Crippen LogP contribution is -2.48. The predicted octanol–water partition coefficient (Wildman–Crippen LogP) is 3.43. The Balaban J connectivity index is 1.42. The summed E-state index contributed by atoms with van der Waals surface area (Å²) in [7, 11) is -0.551. The molecule has 4 aromatic rings. The van der Waals surface area contributed by atoms with Gasteiger partial charge in [-0.1, -0.05) is 30.3 Å². The molecule has 5 rings (SSSR count). The third kappa shape index (κ3) is 6.67. The lowest BCUT2D eigenvalue weighted by atomic mass is 10.0. The van der Waals surface area contributed by atoms with Crippen molar-refractivity contribution in [2.24, 2.45) is 13.0 Å². The van der Waals surface area contributed by atoms with E-state index >= 15 is 0 Å². The molecule has 0 radical (unpaired) electrons. The first kappa shape index (κ1) is 33.2. The van der Waals surface area contributed by atoms with Gasteiger partial charge in [0.25, 0.3) is 0 Å². The lowest BCUT2D eigenvalue weighted by molar-refractivity contribution is -0.134. The normalized spacial score (nSPS) is 18.1. The SMILES string of the molecule is Cc1noc(C)c1S(=O)(=O)N(C)C[C@@H]1Oc2ccc(NC(=O)Cc3cn(C)c4ccccc34)cc2CC(=O)N([C@H](C)CO)C[C@H]1C. The Hall–Kier alpha value is -4.20. The van der Waals surface area contributed by atoms with Crippen LogP contribution >= 0.6 is 0 Å². The standard InChI is InChI=1S/C33H41N5O7S/c1-20-16-38(21(2)19-39)32(41)15-24-13-26(34-31(40)14-25-17-36(5)28-10-8-7-9-27(25)28)11-12-29(24)44-30(20)18-37(6)46(42,43)33-22(3)35-45-23(33)4/h7-13,17,20-21,30,39H,14-16,18-19H2,1-6H3,(H,34,40)/t20-,21-,30+/m1/s1. The number of anilines is 1. The number of hydrogen-bond acceptors (Lipinski definition) is 8. The minimum Gasteiger partial charge on any atom is -0.488 e. The molecule has 3 heterocycles. The number of amides is 2. The maximum absolute atomic E-state index is 13.6. The van der Waals surface area contributed by atoms with Crippen LogP contribution in [0.15, 0.2) is 58.1 Å². The van der Waals surface area contributed by atoms with E-state index in [1.54, 1.807) is 43.9 Å². The van der Waals surface area contributed by atoms with Gasteiger partial charge < -0.3 is 29.2 Å². The van der Waals surface area contributed by atoms with E-state index in [9.17, 15) is 23.1 Å². The Labute approximate surface area is 269 Å². The molecule has 2 aromatic carbocycles. The van der Waals surface area contributed by atoms with Crippen molar-refractivity contribution in [3.63, 3.8) is 0 Å². The number of aryl methyl sites for hydroxylation is 3. The summed E-state index contributed by atoms with van der Waals surface area (Å²) in [5.41, 5.74) is 3.25. The van der Waals surface area contributed by atoms with Crippen molar-refractivity contribution < 1.29 is 32.4 Å². The van der Waals surface area contributed by atoms with Crippen LogP contribution in [0, 0.1) is 19.8 Å². The van der Waals surface area contributed by atoms with Gasteiger partial charge >= 0.3 is 0 Å². The molecule has 13 heteroatoms. The van der Waals surface area contributed by atoms with Gasteiger partial charge in [0, 0.05) is 54.9 Å². The van der Waals surface area contributed by atoms with Crippen LogP contribution in [-0.2, 0) is 39.5 Å². The Morgan fingerprint density at radius 3 is 2.65 bits per heavy atom. The number of fused-ring (bicyclic) bond motifs is 2. The lowest BCUT2D eigenvalue weighted by Gasteiger charge is -2.33. The number of benzene rings is 2. The monoisotopic (exact) mass is 651 g/mol. The molecular weight excluding hydrogens is 610 g/mol. The second-order valence-corrected chi connectivity index (χ2v) is 14.1. The molecule has 46 heavy (non-hydrogen) atoms. The molecule has 0 saturated carbocycles. The quantitative estimate of drug-likeness (QED) is 0.280. The van der Waals surface area contributed by atoms with Crippen molar-refractivity contribution >= 4 is 38.4 Å². The summed E-state index contributed by atoms with van der Waals surface area (Å²) in [6.07, 6.45) is 1.42. The van der Waals surface area contributed by atoms with Gasteiger partial charge in [0.2, 0.25) is 21.8 Å². The summed E-state index contributed by atoms with van der Waals surface area (Å²) in [5.74, 6) is -0.124. The van der Waals surface area contributed by atoms with Crippen molar-refractivity contribution in [2.45, 2.75) is 57.6 Å². The number of ether oxygens (including phenoxy) is 1. The van der Waals surface area contributed by atoms with Crippen LogP contribution in [-0.4, -0.2) is 83.2 Å². The Kier molecular flexibility index (Phi) is 9.57. The minimum absolute atomic E-state index is 0.0145. The molecule has 12 nitrogen and oxygen atoms in total. The first-order valence-corrected chi connectivity index (χ1v) is 16.7. The number of aliphatic hydroxyl groups excluding tert-OH is 1. The van der Waals surface area contributed by atoms with Gasteiger partial charge in [0.05, 0.1) is 32.0 Å². The van der Waals surface area contributed by atoms with Crippen molar-refractivity contribution in [3.8, 4) is 5.75 Å². The number of aromatic nitrogens is 2. The van der Waals surface area contributed by atoms with E-state index in [0.717, 1.165) is 16.5 Å². The van der Waals surface area contributed by atoms with Crippen LogP contribution in [0.4, 0.5) is 5.69 Å². The molecule has 2 amide bonds. The van der Waals surface area contributed by atoms with Crippen LogP contribution in [0.1, 0.15) is 36.4 Å². The topological polar surface area (TPSA) is 147 Å². The van der Waals surface area contributed by atoms with E-state index in [1.165, 1.54) is 11.4 Å². The summed E-state index contributed by atoms with van der Waals surface area (Å²) in [5, 5.41) is 17.7. The summed E-state index contributed by atoms with van der Waals surface area (Å²) >= 11 is 0. The Bertz CT molecular complexity index is 1850. The highest BCUT2D eigenvalue weighted by atomic mass is 32.2. The highest BCUT2D eigenvalue weighted by Crippen LogP contribution is 2.31. The smallest absolute Gasteiger partial charge is 0.248 e. The van der Waals surface area contributed by atoms with Crippen LogP contribution in [0.2, 0.25) is 0 Å². The van der Waals surface area contributed by atoms with E-state index in [4.69, 9.17) is 9.26 Å². The molecule has 0 aliphatic carbocycles. The molecule has 0 fully saturated rings. The zero-order valence-corrected chi connectivity index (χ0v) is 27.8. The van der Waals surface area contributed by atoms with E-state index in [1.807, 2.05) is 49.0 Å². The predicted molar refractivity (Wildman–Crippen MR) is 173 cm³/mol. The number of nitrogens with one attached hydrogen (secondary N) is 1. The molecule has 2 N–H and O–H groups in total. The van der Waals surface area contributed by atoms with Crippen molar-refractivity contribution in [1.82, 2.24) is 18.9 Å². The second-order valence-electron chi connectivity index (χ2n) is 12.2. The van der Waals surface area contributed by atoms with E-state index in [0.29, 0.717) is 17.0 Å². The fourth-order valence-corrected chi connectivity index (χ4v) is 7.49. The highest BCUT2D eigenvalue weighted by Gasteiger charge is 2.35. The number of carbonyl (C=O) groups is 2. The summed E-state index contributed by atoms with van der Waals surface area (Å²) in [6, 6.07) is 12.5. The Morgan fingerprint density at radius 2 is 1.96 bits per heavy atom. The zero-order valence-electron chi connectivity index (χ0n) is 27.0. The Morgan fingerprint density at radius 1 is 1.22 bits per heavy atom. The average Bonchev–Trinajstić information content (AvgIpc) is 3.53. The van der Waals surface area contributed by atoms with Crippen molar-refractivity contribution in [3.05, 3.63) is 71.2 Å². The largest absolute Gasteiger partial charge is 0.488 e. The van der Waals surface area contributed by atoms with Gasteiger partial charge in [-0.2, -0.15) is 4.31 Å². The van der Waals surface area contributed by atoms with Crippen molar-refractivity contribution in [1.29, 1.82) is 0 Å². The molecule has 2 aromatic heterocycles. The highest BCUT2D eigenvalue weighted by molar-refractivity contribution is 7.89. The fraction of sp³-hybridized carbons (Fsp3) is 0.424. The summed E-state index contributed by atoms with van der Waals surface area (Å²) in [4.78, 5) is 28.4. The van der Waals surface area contributed by atoms with E-state index in [-0.39, 0.29) is 66.6 Å². The number of para-hydroxylation sites is 1.